The molecule has 1 aromatic rings. The Kier molecular flexibility index (Phi) is 5.16. The van der Waals surface area contributed by atoms with Crippen LogP contribution in [0.2, 0.25) is 0 Å². The van der Waals surface area contributed by atoms with Gasteiger partial charge >= 0.3 is 0 Å². The number of amides is 1. The van der Waals surface area contributed by atoms with E-state index in [1.807, 2.05) is 6.92 Å². The highest BCUT2D eigenvalue weighted by atomic mass is 16.1. The van der Waals surface area contributed by atoms with Crippen LogP contribution in [-0.2, 0) is 11.3 Å². The number of carbonyl (C=O) groups excluding carboxylic acids is 1. The van der Waals surface area contributed by atoms with Crippen molar-refractivity contribution in [3.8, 4) is 0 Å². The van der Waals surface area contributed by atoms with Gasteiger partial charge in [0.05, 0.1) is 6.04 Å². The summed E-state index contributed by atoms with van der Waals surface area (Å²) in [5.74, 6) is 0.261. The van der Waals surface area contributed by atoms with E-state index in [9.17, 15) is 4.79 Å². The van der Waals surface area contributed by atoms with Crippen LogP contribution >= 0.6 is 0 Å². The van der Waals surface area contributed by atoms with Crippen LogP contribution in [-0.4, -0.2) is 11.9 Å². The summed E-state index contributed by atoms with van der Waals surface area (Å²) < 4.78 is 0. The first-order chi connectivity index (χ1) is 8.04. The molecule has 3 heteroatoms. The van der Waals surface area contributed by atoms with E-state index in [1.54, 1.807) is 0 Å². The predicted octanol–water partition coefficient (Wildman–Crippen LogP) is 2.16. The van der Waals surface area contributed by atoms with Gasteiger partial charge in [-0.3, -0.25) is 4.79 Å². The van der Waals surface area contributed by atoms with Gasteiger partial charge in [-0.2, -0.15) is 0 Å². The number of hydrogen-bond donors (Lipinski definition) is 2. The highest BCUT2D eigenvalue weighted by Crippen LogP contribution is 2.14. The number of benzene rings is 1. The average molecular weight is 234 g/mol. The molecular weight excluding hydrogens is 212 g/mol. The second-order valence-electron chi connectivity index (χ2n) is 4.64. The van der Waals surface area contributed by atoms with Crippen LogP contribution in [0.1, 0.15) is 44.2 Å². The summed E-state index contributed by atoms with van der Waals surface area (Å²) in [5.41, 5.74) is 7.78. The maximum atomic E-state index is 11.1. The lowest BCUT2D eigenvalue weighted by molar-refractivity contribution is -0.120. The van der Waals surface area contributed by atoms with Crippen LogP contribution < -0.4 is 11.1 Å². The maximum Gasteiger partial charge on any atom is 0.234 e. The second-order valence-corrected chi connectivity index (χ2v) is 4.64. The van der Waals surface area contributed by atoms with Crippen molar-refractivity contribution in [3.63, 3.8) is 0 Å². The molecule has 0 heterocycles. The van der Waals surface area contributed by atoms with Gasteiger partial charge in [0.1, 0.15) is 0 Å². The molecule has 1 unspecified atom stereocenters. The average Bonchev–Trinajstić information content (AvgIpc) is 2.30. The third kappa shape index (κ3) is 4.19. The third-order valence-electron chi connectivity index (χ3n) is 2.95. The fraction of sp³-hybridized carbons (Fsp3) is 0.500. The Morgan fingerprint density at radius 2 is 1.88 bits per heavy atom. The molecule has 0 spiro atoms. The van der Waals surface area contributed by atoms with E-state index in [-0.39, 0.29) is 11.9 Å². The zero-order chi connectivity index (χ0) is 12.8. The van der Waals surface area contributed by atoms with Crippen LogP contribution in [0.15, 0.2) is 24.3 Å². The third-order valence-corrected chi connectivity index (χ3v) is 2.95. The SMILES string of the molecule is CCC(NCc1ccc(C(C)C)cc1)C(N)=O. The topological polar surface area (TPSA) is 55.1 Å². The van der Waals surface area contributed by atoms with Crippen molar-refractivity contribution in [2.45, 2.75) is 45.7 Å². The molecule has 1 rings (SSSR count). The van der Waals surface area contributed by atoms with E-state index < -0.39 is 0 Å². The van der Waals surface area contributed by atoms with Crippen molar-refractivity contribution >= 4 is 5.91 Å². The molecule has 17 heavy (non-hydrogen) atoms. The van der Waals surface area contributed by atoms with E-state index in [0.717, 1.165) is 6.42 Å². The Labute approximate surface area is 103 Å². The first kappa shape index (κ1) is 13.7. The molecule has 0 bridgehead atoms. The van der Waals surface area contributed by atoms with Gasteiger partial charge in [0.15, 0.2) is 0 Å². The fourth-order valence-corrected chi connectivity index (χ4v) is 1.71. The number of hydrogen-bond acceptors (Lipinski definition) is 2. The zero-order valence-corrected chi connectivity index (χ0v) is 10.9. The molecule has 0 fully saturated rings. The monoisotopic (exact) mass is 234 g/mol. The fourth-order valence-electron chi connectivity index (χ4n) is 1.71. The summed E-state index contributed by atoms with van der Waals surface area (Å²) >= 11 is 0. The van der Waals surface area contributed by atoms with Crippen molar-refractivity contribution in [1.29, 1.82) is 0 Å². The number of nitrogens with two attached hydrogens (primary N) is 1. The largest absolute Gasteiger partial charge is 0.368 e. The molecule has 0 aliphatic heterocycles. The van der Waals surface area contributed by atoms with Crippen molar-refractivity contribution in [2.75, 3.05) is 0 Å². The number of carbonyl (C=O) groups is 1. The van der Waals surface area contributed by atoms with Crippen LogP contribution in [0.3, 0.4) is 0 Å². The summed E-state index contributed by atoms with van der Waals surface area (Å²) in [6, 6.07) is 8.21. The quantitative estimate of drug-likeness (QED) is 0.792. The van der Waals surface area contributed by atoms with E-state index >= 15 is 0 Å². The maximum absolute atomic E-state index is 11.1. The van der Waals surface area contributed by atoms with Gasteiger partial charge in [0.2, 0.25) is 5.91 Å². The Bertz CT molecular complexity index is 357. The van der Waals surface area contributed by atoms with E-state index in [0.29, 0.717) is 12.5 Å². The van der Waals surface area contributed by atoms with Gasteiger partial charge in [-0.1, -0.05) is 45.0 Å². The minimum Gasteiger partial charge on any atom is -0.368 e. The summed E-state index contributed by atoms with van der Waals surface area (Å²) in [5, 5.41) is 3.16. The summed E-state index contributed by atoms with van der Waals surface area (Å²) in [7, 11) is 0. The zero-order valence-electron chi connectivity index (χ0n) is 10.9. The smallest absolute Gasteiger partial charge is 0.234 e. The Morgan fingerprint density at radius 3 is 2.29 bits per heavy atom. The minimum atomic E-state index is -0.286. The standard InChI is InChI=1S/C14H22N2O/c1-4-13(14(15)17)16-9-11-5-7-12(8-6-11)10(2)3/h5-8,10,13,16H,4,9H2,1-3H3,(H2,15,17). The molecule has 0 radical (unpaired) electrons. The van der Waals surface area contributed by atoms with Crippen molar-refractivity contribution < 1.29 is 4.79 Å². The van der Waals surface area contributed by atoms with Crippen molar-refractivity contribution in [3.05, 3.63) is 35.4 Å². The molecule has 0 aliphatic carbocycles. The molecular formula is C14H22N2O. The van der Waals surface area contributed by atoms with Crippen LogP contribution in [0, 0.1) is 0 Å². The minimum absolute atomic E-state index is 0.236. The molecule has 94 valence electrons. The van der Waals surface area contributed by atoms with Gasteiger partial charge in [-0.15, -0.1) is 0 Å². The lowest BCUT2D eigenvalue weighted by Crippen LogP contribution is -2.40. The Hall–Kier alpha value is -1.35. The molecule has 0 saturated heterocycles. The van der Waals surface area contributed by atoms with Crippen LogP contribution in [0.25, 0.3) is 0 Å². The number of rotatable bonds is 6. The highest BCUT2D eigenvalue weighted by molar-refractivity contribution is 5.79. The van der Waals surface area contributed by atoms with E-state index in [4.69, 9.17) is 5.73 Å². The Morgan fingerprint density at radius 1 is 1.29 bits per heavy atom. The van der Waals surface area contributed by atoms with Gasteiger partial charge in [-0.25, -0.2) is 0 Å². The highest BCUT2D eigenvalue weighted by Gasteiger charge is 2.11. The number of primary amides is 1. The second kappa shape index (κ2) is 6.40. The normalized spacial score (nSPS) is 12.7. The molecule has 0 aliphatic rings. The van der Waals surface area contributed by atoms with Gasteiger partial charge in [0.25, 0.3) is 0 Å². The molecule has 0 saturated carbocycles. The van der Waals surface area contributed by atoms with Crippen molar-refractivity contribution in [1.82, 2.24) is 5.32 Å². The molecule has 3 nitrogen and oxygen atoms in total. The summed E-state index contributed by atoms with van der Waals surface area (Å²) in [4.78, 5) is 11.1. The summed E-state index contributed by atoms with van der Waals surface area (Å²) in [6.45, 7) is 6.98. The molecule has 3 N–H and O–H groups in total. The van der Waals surface area contributed by atoms with E-state index in [2.05, 4.69) is 43.4 Å². The number of nitrogens with one attached hydrogen (secondary N) is 1. The lowest BCUT2D eigenvalue weighted by atomic mass is 10.0. The van der Waals surface area contributed by atoms with Gasteiger partial charge in [-0.05, 0) is 23.5 Å². The predicted molar refractivity (Wildman–Crippen MR) is 70.6 cm³/mol. The molecule has 1 amide bonds. The first-order valence-electron chi connectivity index (χ1n) is 6.16. The van der Waals surface area contributed by atoms with Crippen molar-refractivity contribution in [2.24, 2.45) is 5.73 Å². The first-order valence-corrected chi connectivity index (χ1v) is 6.16. The van der Waals surface area contributed by atoms with Crippen LogP contribution in [0.4, 0.5) is 0 Å². The lowest BCUT2D eigenvalue weighted by Gasteiger charge is -2.13. The van der Waals surface area contributed by atoms with Gasteiger partial charge < -0.3 is 11.1 Å². The van der Waals surface area contributed by atoms with Gasteiger partial charge in [0, 0.05) is 6.54 Å². The molecule has 0 aromatic heterocycles. The molecule has 1 aromatic carbocycles. The van der Waals surface area contributed by atoms with Crippen LogP contribution in [0.5, 0.6) is 0 Å². The Balaban J connectivity index is 2.55. The van der Waals surface area contributed by atoms with E-state index in [1.165, 1.54) is 11.1 Å². The summed E-state index contributed by atoms with van der Waals surface area (Å²) in [6.07, 6.45) is 0.722. The molecule has 1 atom stereocenters.